The Hall–Kier alpha value is -3.68. The number of ether oxygens (including phenoxy) is 1. The zero-order valence-electron chi connectivity index (χ0n) is 15.6. The van der Waals surface area contributed by atoms with Crippen molar-refractivity contribution in [1.29, 1.82) is 0 Å². The zero-order chi connectivity index (χ0) is 20.0. The van der Waals surface area contributed by atoms with Crippen molar-refractivity contribution >= 4 is 16.7 Å². The fraction of sp³-hybridized carbons (Fsp3) is 0.0909. The molecule has 7 heteroatoms. The molecular weight excluding hydrogens is 368 g/mol. The first kappa shape index (κ1) is 17.4. The highest BCUT2D eigenvalue weighted by Gasteiger charge is 2.36. The van der Waals surface area contributed by atoms with E-state index in [4.69, 9.17) is 4.74 Å². The minimum absolute atomic E-state index is 0.234. The Kier molecular flexibility index (Phi) is 4.04. The maximum Gasteiger partial charge on any atom is 0.264 e. The number of nitrogens with one attached hydrogen (secondary N) is 1. The fourth-order valence-electron chi connectivity index (χ4n) is 3.83. The van der Waals surface area contributed by atoms with Gasteiger partial charge in [0.05, 0.1) is 24.0 Å². The van der Waals surface area contributed by atoms with E-state index in [0.29, 0.717) is 28.3 Å². The molecule has 29 heavy (non-hydrogen) atoms. The van der Waals surface area contributed by atoms with E-state index < -0.39 is 6.04 Å². The monoisotopic (exact) mass is 386 g/mol. The van der Waals surface area contributed by atoms with Crippen LogP contribution in [0.4, 0.5) is 5.69 Å². The van der Waals surface area contributed by atoms with Gasteiger partial charge in [0.25, 0.3) is 5.56 Å². The second kappa shape index (κ2) is 6.73. The number of hydrogen-bond acceptors (Lipinski definition) is 6. The second-order valence-corrected chi connectivity index (χ2v) is 6.77. The predicted octanol–water partition coefficient (Wildman–Crippen LogP) is 3.52. The number of aromatic nitrogens is 2. The van der Waals surface area contributed by atoms with Crippen molar-refractivity contribution < 1.29 is 9.94 Å². The van der Waals surface area contributed by atoms with Crippen molar-refractivity contribution in [2.75, 3.05) is 12.5 Å². The van der Waals surface area contributed by atoms with Gasteiger partial charge in [-0.3, -0.25) is 20.0 Å². The molecule has 144 valence electrons. The Bertz CT molecular complexity index is 1250. The molecule has 5 rings (SSSR count). The summed E-state index contributed by atoms with van der Waals surface area (Å²) < 4.78 is 6.81. The van der Waals surface area contributed by atoms with E-state index in [0.717, 1.165) is 16.1 Å². The number of methoxy groups -OCH3 is 1. The third-order valence-corrected chi connectivity index (χ3v) is 5.16. The van der Waals surface area contributed by atoms with Gasteiger partial charge in [-0.25, -0.2) is 4.98 Å². The van der Waals surface area contributed by atoms with Crippen LogP contribution in [-0.4, -0.2) is 27.0 Å². The van der Waals surface area contributed by atoms with E-state index in [1.807, 2.05) is 54.6 Å². The average Bonchev–Trinajstić information content (AvgIpc) is 3.12. The van der Waals surface area contributed by atoms with Gasteiger partial charge in [-0.2, -0.15) is 0 Å². The molecule has 1 aliphatic heterocycles. The minimum Gasteiger partial charge on any atom is -0.497 e. The maximum atomic E-state index is 13.6. The van der Waals surface area contributed by atoms with Crippen molar-refractivity contribution in [1.82, 2.24) is 14.7 Å². The lowest BCUT2D eigenvalue weighted by Crippen LogP contribution is -2.28. The molecule has 3 heterocycles. The summed E-state index contributed by atoms with van der Waals surface area (Å²) in [6.07, 6.45) is 1.65. The first-order chi connectivity index (χ1) is 14.2. The van der Waals surface area contributed by atoms with Crippen LogP contribution in [-0.2, 0) is 0 Å². The third kappa shape index (κ3) is 2.67. The van der Waals surface area contributed by atoms with Crippen molar-refractivity contribution in [3.05, 3.63) is 94.4 Å². The van der Waals surface area contributed by atoms with Crippen LogP contribution in [0.1, 0.15) is 17.2 Å². The highest BCUT2D eigenvalue weighted by atomic mass is 16.5. The lowest BCUT2D eigenvalue weighted by atomic mass is 9.98. The van der Waals surface area contributed by atoms with Crippen molar-refractivity contribution in [2.24, 2.45) is 0 Å². The van der Waals surface area contributed by atoms with E-state index >= 15 is 0 Å². The molecule has 4 aromatic rings. The molecule has 2 N–H and O–H groups in total. The topological polar surface area (TPSA) is 79.6 Å². The number of anilines is 1. The van der Waals surface area contributed by atoms with Crippen LogP contribution in [0.15, 0.2) is 77.7 Å². The summed E-state index contributed by atoms with van der Waals surface area (Å²) in [6.45, 7) is 0. The number of para-hydroxylation sites is 1. The largest absolute Gasteiger partial charge is 0.497 e. The minimum atomic E-state index is -0.664. The maximum absolute atomic E-state index is 13.6. The van der Waals surface area contributed by atoms with Crippen LogP contribution in [0, 0.1) is 0 Å². The fourth-order valence-corrected chi connectivity index (χ4v) is 3.83. The molecule has 0 amide bonds. The Balaban J connectivity index is 1.81. The van der Waals surface area contributed by atoms with E-state index in [1.165, 1.54) is 0 Å². The summed E-state index contributed by atoms with van der Waals surface area (Å²) in [5.74, 6) is 0.703. The van der Waals surface area contributed by atoms with Gasteiger partial charge >= 0.3 is 0 Å². The number of pyridine rings is 2. The standard InChI is InChI=1S/C22H18N4O3/c1-29-16-11-9-14(10-12-16)20-18-19(24-26(20)28)17-8-5-13-23-21(17)25(22(18)27)15-6-3-2-4-7-15/h2-13,20,24,28H,1H3. The smallest absolute Gasteiger partial charge is 0.264 e. The molecule has 0 fully saturated rings. The van der Waals surface area contributed by atoms with Gasteiger partial charge in [-0.1, -0.05) is 35.5 Å². The molecule has 1 unspecified atom stereocenters. The predicted molar refractivity (Wildman–Crippen MR) is 109 cm³/mol. The van der Waals surface area contributed by atoms with Gasteiger partial charge in [0.1, 0.15) is 17.4 Å². The Morgan fingerprint density at radius 3 is 2.52 bits per heavy atom. The summed E-state index contributed by atoms with van der Waals surface area (Å²) in [4.78, 5) is 18.1. The Labute approximate surface area is 166 Å². The first-order valence-electron chi connectivity index (χ1n) is 9.17. The number of benzene rings is 2. The van der Waals surface area contributed by atoms with Gasteiger partial charge in [0.15, 0.2) is 0 Å². The number of hydrogen-bond donors (Lipinski definition) is 2. The molecule has 7 nitrogen and oxygen atoms in total. The number of hydrazine groups is 1. The molecule has 0 radical (unpaired) electrons. The number of fused-ring (bicyclic) bond motifs is 3. The van der Waals surface area contributed by atoms with Crippen LogP contribution >= 0.6 is 0 Å². The van der Waals surface area contributed by atoms with Gasteiger partial charge in [-0.15, -0.1) is 0 Å². The molecule has 0 spiro atoms. The van der Waals surface area contributed by atoms with Gasteiger partial charge in [-0.05, 0) is 42.0 Å². The summed E-state index contributed by atoms with van der Waals surface area (Å²) in [5, 5.41) is 12.4. The summed E-state index contributed by atoms with van der Waals surface area (Å²) >= 11 is 0. The van der Waals surface area contributed by atoms with Crippen molar-refractivity contribution in [3.8, 4) is 11.4 Å². The van der Waals surface area contributed by atoms with E-state index in [2.05, 4.69) is 10.4 Å². The highest BCUT2D eigenvalue weighted by molar-refractivity contribution is 5.93. The van der Waals surface area contributed by atoms with E-state index in [1.54, 1.807) is 30.0 Å². The molecule has 0 aliphatic carbocycles. The third-order valence-electron chi connectivity index (χ3n) is 5.16. The molecule has 0 bridgehead atoms. The first-order valence-corrected chi connectivity index (χ1v) is 9.17. The highest BCUT2D eigenvalue weighted by Crippen LogP contribution is 2.40. The SMILES string of the molecule is COc1ccc(C2c3c(c4cccnc4n(-c4ccccc4)c3=O)NN2O)cc1. The van der Waals surface area contributed by atoms with Crippen molar-refractivity contribution in [2.45, 2.75) is 6.04 Å². The van der Waals surface area contributed by atoms with Crippen LogP contribution in [0.2, 0.25) is 0 Å². The molecule has 1 aliphatic rings. The molecule has 0 saturated carbocycles. The lowest BCUT2D eigenvalue weighted by molar-refractivity contribution is -0.0841. The normalized spacial score (nSPS) is 15.9. The summed E-state index contributed by atoms with van der Waals surface area (Å²) in [6, 6.07) is 19.7. The lowest BCUT2D eigenvalue weighted by Gasteiger charge is -2.18. The van der Waals surface area contributed by atoms with Crippen LogP contribution in [0.5, 0.6) is 5.75 Å². The molecule has 0 saturated heterocycles. The summed E-state index contributed by atoms with van der Waals surface area (Å²) in [5.41, 5.74) is 5.74. The van der Waals surface area contributed by atoms with Gasteiger partial charge in [0.2, 0.25) is 0 Å². The van der Waals surface area contributed by atoms with Gasteiger partial charge < -0.3 is 4.74 Å². The Morgan fingerprint density at radius 1 is 1.03 bits per heavy atom. The number of nitrogens with zero attached hydrogens (tertiary/aromatic N) is 3. The zero-order valence-corrected chi connectivity index (χ0v) is 15.6. The molecule has 2 aromatic carbocycles. The van der Waals surface area contributed by atoms with Crippen molar-refractivity contribution in [3.63, 3.8) is 0 Å². The van der Waals surface area contributed by atoms with Gasteiger partial charge in [0, 0.05) is 11.6 Å². The number of rotatable bonds is 3. The van der Waals surface area contributed by atoms with E-state index in [9.17, 15) is 10.0 Å². The summed E-state index contributed by atoms with van der Waals surface area (Å²) in [7, 11) is 1.59. The quantitative estimate of drug-likeness (QED) is 0.561. The average molecular weight is 386 g/mol. The molecule has 2 aromatic heterocycles. The molecular formula is C22H18N4O3. The van der Waals surface area contributed by atoms with Crippen LogP contribution in [0.3, 0.4) is 0 Å². The second-order valence-electron chi connectivity index (χ2n) is 6.77. The number of hydroxylamine groups is 1. The van der Waals surface area contributed by atoms with Crippen LogP contribution < -0.4 is 15.7 Å². The Morgan fingerprint density at radius 2 is 1.79 bits per heavy atom. The molecule has 1 atom stereocenters. The van der Waals surface area contributed by atoms with Crippen LogP contribution in [0.25, 0.3) is 16.7 Å². The van der Waals surface area contributed by atoms with E-state index in [-0.39, 0.29) is 5.56 Å².